The van der Waals surface area contributed by atoms with Crippen molar-refractivity contribution in [1.82, 2.24) is 0 Å². The van der Waals surface area contributed by atoms with Gasteiger partial charge >= 0.3 is 0 Å². The minimum absolute atomic E-state index is 0.787. The first kappa shape index (κ1) is 15.9. The van der Waals surface area contributed by atoms with Crippen LogP contribution in [0.5, 0.6) is 5.75 Å². The van der Waals surface area contributed by atoms with Crippen LogP contribution in [0, 0.1) is 0 Å². The Bertz CT molecular complexity index is 308. The highest BCUT2D eigenvalue weighted by atomic mass is 16.5. The molecule has 0 saturated heterocycles. The number of anilines is 1. The lowest BCUT2D eigenvalue weighted by Gasteiger charge is -2.06. The Labute approximate surface area is 118 Å². The van der Waals surface area contributed by atoms with Crippen LogP contribution in [0.15, 0.2) is 24.3 Å². The molecule has 0 atom stereocenters. The molecule has 2 N–H and O–H groups in total. The van der Waals surface area contributed by atoms with Gasteiger partial charge in [0.1, 0.15) is 5.75 Å². The van der Waals surface area contributed by atoms with E-state index < -0.39 is 0 Å². The van der Waals surface area contributed by atoms with Gasteiger partial charge in [0.2, 0.25) is 0 Å². The van der Waals surface area contributed by atoms with Gasteiger partial charge in [0.05, 0.1) is 6.61 Å². The Hall–Kier alpha value is -1.18. The molecule has 0 heterocycles. The third-order valence-electron chi connectivity index (χ3n) is 3.40. The number of hydrogen-bond donors (Lipinski definition) is 1. The van der Waals surface area contributed by atoms with E-state index in [0.29, 0.717) is 0 Å². The van der Waals surface area contributed by atoms with Crippen LogP contribution in [0.4, 0.5) is 5.69 Å². The van der Waals surface area contributed by atoms with Crippen molar-refractivity contribution in [2.75, 3.05) is 12.3 Å². The summed E-state index contributed by atoms with van der Waals surface area (Å²) in [5, 5.41) is 0. The molecule has 0 aromatic heterocycles. The number of nitrogen functional groups attached to an aromatic ring is 1. The van der Waals surface area contributed by atoms with Gasteiger partial charge in [0, 0.05) is 5.69 Å². The summed E-state index contributed by atoms with van der Waals surface area (Å²) in [6.07, 6.45) is 12.1. The molecule has 1 aromatic carbocycles. The molecule has 1 rings (SSSR count). The van der Waals surface area contributed by atoms with Crippen LogP contribution in [-0.4, -0.2) is 6.61 Å². The van der Waals surface area contributed by atoms with Crippen LogP contribution in [0.2, 0.25) is 0 Å². The van der Waals surface area contributed by atoms with Gasteiger partial charge in [-0.3, -0.25) is 0 Å². The molecule has 0 aliphatic heterocycles. The Balaban J connectivity index is 1.87. The van der Waals surface area contributed by atoms with Crippen LogP contribution < -0.4 is 10.5 Å². The van der Waals surface area contributed by atoms with E-state index in [-0.39, 0.29) is 0 Å². The van der Waals surface area contributed by atoms with Gasteiger partial charge in [-0.05, 0) is 30.7 Å². The van der Waals surface area contributed by atoms with Crippen LogP contribution in [-0.2, 0) is 0 Å². The van der Waals surface area contributed by atoms with Crippen molar-refractivity contribution in [3.63, 3.8) is 0 Å². The van der Waals surface area contributed by atoms with Crippen molar-refractivity contribution in [3.8, 4) is 5.75 Å². The molecule has 0 radical (unpaired) electrons. The molecular formula is C17H29NO. The minimum Gasteiger partial charge on any atom is -0.494 e. The van der Waals surface area contributed by atoms with E-state index in [0.717, 1.165) is 24.5 Å². The van der Waals surface area contributed by atoms with Crippen molar-refractivity contribution in [3.05, 3.63) is 24.3 Å². The average Bonchev–Trinajstić information content (AvgIpc) is 2.43. The second-order valence-electron chi connectivity index (χ2n) is 5.25. The molecule has 0 aliphatic carbocycles. The number of hydrogen-bond acceptors (Lipinski definition) is 2. The molecule has 0 fully saturated rings. The minimum atomic E-state index is 0.787. The van der Waals surface area contributed by atoms with Crippen LogP contribution in [0.1, 0.15) is 64.7 Å². The lowest BCUT2D eigenvalue weighted by atomic mass is 10.1. The molecule has 0 bridgehead atoms. The normalized spacial score (nSPS) is 10.6. The number of ether oxygens (including phenoxy) is 1. The fraction of sp³-hybridized carbons (Fsp3) is 0.647. The molecule has 2 nitrogen and oxygen atoms in total. The van der Waals surface area contributed by atoms with Crippen molar-refractivity contribution < 1.29 is 4.74 Å². The molecule has 2 heteroatoms. The maximum Gasteiger partial charge on any atom is 0.119 e. The van der Waals surface area contributed by atoms with E-state index in [1.165, 1.54) is 51.4 Å². The zero-order valence-corrected chi connectivity index (χ0v) is 12.4. The number of benzene rings is 1. The third kappa shape index (κ3) is 8.52. The van der Waals surface area contributed by atoms with Gasteiger partial charge in [-0.25, -0.2) is 0 Å². The average molecular weight is 263 g/mol. The van der Waals surface area contributed by atoms with E-state index in [1.54, 1.807) is 0 Å². The largest absolute Gasteiger partial charge is 0.494 e. The summed E-state index contributed by atoms with van der Waals surface area (Å²) >= 11 is 0. The first-order valence-corrected chi connectivity index (χ1v) is 7.81. The van der Waals surface area contributed by atoms with Crippen molar-refractivity contribution in [2.24, 2.45) is 0 Å². The summed E-state index contributed by atoms with van der Waals surface area (Å²) in [5.74, 6) is 0.925. The number of unbranched alkanes of at least 4 members (excludes halogenated alkanes) is 8. The highest BCUT2D eigenvalue weighted by Crippen LogP contribution is 2.14. The first-order valence-electron chi connectivity index (χ1n) is 7.81. The SMILES string of the molecule is CCCCCCCCCCCOc1ccc(N)cc1. The van der Waals surface area contributed by atoms with Crippen LogP contribution >= 0.6 is 0 Å². The Morgan fingerprint density at radius 3 is 1.89 bits per heavy atom. The van der Waals surface area contributed by atoms with Gasteiger partial charge in [0.15, 0.2) is 0 Å². The van der Waals surface area contributed by atoms with Gasteiger partial charge in [-0.15, -0.1) is 0 Å². The fourth-order valence-electron chi connectivity index (χ4n) is 2.17. The summed E-state index contributed by atoms with van der Waals surface area (Å²) in [6.45, 7) is 3.08. The molecule has 19 heavy (non-hydrogen) atoms. The van der Waals surface area contributed by atoms with Crippen molar-refractivity contribution in [2.45, 2.75) is 64.7 Å². The predicted molar refractivity (Wildman–Crippen MR) is 83.6 cm³/mol. The zero-order valence-electron chi connectivity index (χ0n) is 12.4. The summed E-state index contributed by atoms with van der Waals surface area (Å²) < 4.78 is 5.67. The zero-order chi connectivity index (χ0) is 13.8. The van der Waals surface area contributed by atoms with Crippen molar-refractivity contribution >= 4 is 5.69 Å². The molecular weight excluding hydrogens is 234 g/mol. The molecule has 0 amide bonds. The lowest BCUT2D eigenvalue weighted by molar-refractivity contribution is 0.304. The van der Waals surface area contributed by atoms with E-state index in [9.17, 15) is 0 Å². The molecule has 0 unspecified atom stereocenters. The van der Waals surface area contributed by atoms with E-state index in [1.807, 2.05) is 24.3 Å². The second-order valence-corrected chi connectivity index (χ2v) is 5.25. The predicted octanol–water partition coefficient (Wildman–Crippen LogP) is 5.18. The van der Waals surface area contributed by atoms with E-state index in [2.05, 4.69) is 6.92 Å². The van der Waals surface area contributed by atoms with Gasteiger partial charge < -0.3 is 10.5 Å². The van der Waals surface area contributed by atoms with Crippen LogP contribution in [0.25, 0.3) is 0 Å². The highest BCUT2D eigenvalue weighted by Gasteiger charge is 1.95. The second kappa shape index (κ2) is 10.7. The maximum atomic E-state index is 5.67. The van der Waals surface area contributed by atoms with E-state index >= 15 is 0 Å². The van der Waals surface area contributed by atoms with Gasteiger partial charge in [0.25, 0.3) is 0 Å². The lowest BCUT2D eigenvalue weighted by Crippen LogP contribution is -1.97. The monoisotopic (exact) mass is 263 g/mol. The first-order chi connectivity index (χ1) is 9.33. The number of rotatable bonds is 11. The quantitative estimate of drug-likeness (QED) is 0.441. The smallest absolute Gasteiger partial charge is 0.119 e. The Morgan fingerprint density at radius 2 is 1.32 bits per heavy atom. The molecule has 0 spiro atoms. The van der Waals surface area contributed by atoms with E-state index in [4.69, 9.17) is 10.5 Å². The maximum absolute atomic E-state index is 5.67. The van der Waals surface area contributed by atoms with Gasteiger partial charge in [-0.2, -0.15) is 0 Å². The van der Waals surface area contributed by atoms with Crippen molar-refractivity contribution in [1.29, 1.82) is 0 Å². The Kier molecular flexibility index (Phi) is 8.95. The van der Waals surface area contributed by atoms with Crippen LogP contribution in [0.3, 0.4) is 0 Å². The molecule has 0 saturated carbocycles. The summed E-state index contributed by atoms with van der Waals surface area (Å²) in [6, 6.07) is 7.63. The number of nitrogens with two attached hydrogens (primary N) is 1. The molecule has 0 aliphatic rings. The Morgan fingerprint density at radius 1 is 0.789 bits per heavy atom. The highest BCUT2D eigenvalue weighted by molar-refractivity contribution is 5.41. The fourth-order valence-corrected chi connectivity index (χ4v) is 2.17. The summed E-state index contributed by atoms with van der Waals surface area (Å²) in [5.41, 5.74) is 6.41. The summed E-state index contributed by atoms with van der Waals surface area (Å²) in [7, 11) is 0. The molecule has 108 valence electrons. The topological polar surface area (TPSA) is 35.2 Å². The standard InChI is InChI=1S/C17H29NO/c1-2-3-4-5-6-7-8-9-10-15-19-17-13-11-16(18)12-14-17/h11-14H,2-10,15,18H2,1H3. The molecule has 1 aromatic rings. The van der Waals surface area contributed by atoms with Gasteiger partial charge in [-0.1, -0.05) is 58.3 Å². The third-order valence-corrected chi connectivity index (χ3v) is 3.40. The summed E-state index contributed by atoms with van der Waals surface area (Å²) in [4.78, 5) is 0.